The fraction of sp³-hybridized carbons (Fsp3) is 0.111. The van der Waals surface area contributed by atoms with Gasteiger partial charge in [-0.1, -0.05) is 12.1 Å². The topological polar surface area (TPSA) is 62.7 Å². The van der Waals surface area contributed by atoms with Crippen molar-refractivity contribution in [2.24, 2.45) is 5.73 Å². The molecule has 2 N–H and O–H groups in total. The van der Waals surface area contributed by atoms with Gasteiger partial charge in [-0.25, -0.2) is 4.98 Å². The predicted octanol–water partition coefficient (Wildman–Crippen LogP) is 0.925. The Balaban J connectivity index is 2.88. The average molecular weight is 159 g/mol. The van der Waals surface area contributed by atoms with Gasteiger partial charge >= 0.3 is 0 Å². The van der Waals surface area contributed by atoms with E-state index < -0.39 is 0 Å². The summed E-state index contributed by atoms with van der Waals surface area (Å²) >= 11 is 0. The Kier molecular flexibility index (Phi) is 3.00. The molecule has 0 bridgehead atoms. The molecule has 1 heterocycles. The molecule has 0 amide bonds. The highest BCUT2D eigenvalue weighted by molar-refractivity contribution is 5.45. The molecule has 0 aliphatic heterocycles. The van der Waals surface area contributed by atoms with Crippen molar-refractivity contribution >= 4 is 6.08 Å². The third-order valence-electron chi connectivity index (χ3n) is 1.31. The van der Waals surface area contributed by atoms with Crippen molar-refractivity contribution < 1.29 is 0 Å². The van der Waals surface area contributed by atoms with Gasteiger partial charge in [0, 0.05) is 6.54 Å². The van der Waals surface area contributed by atoms with Crippen LogP contribution in [0.25, 0.3) is 6.08 Å². The summed E-state index contributed by atoms with van der Waals surface area (Å²) in [6.45, 7) is 0.485. The molecular weight excluding hydrogens is 150 g/mol. The summed E-state index contributed by atoms with van der Waals surface area (Å²) in [6.07, 6.45) is 3.59. The maximum absolute atomic E-state index is 8.53. The first-order valence-electron chi connectivity index (χ1n) is 3.60. The number of hydrogen-bond acceptors (Lipinski definition) is 3. The monoisotopic (exact) mass is 159 g/mol. The van der Waals surface area contributed by atoms with Crippen LogP contribution in [0.4, 0.5) is 0 Å². The smallest absolute Gasteiger partial charge is 0.141 e. The second-order valence-electron chi connectivity index (χ2n) is 2.20. The number of rotatable bonds is 2. The number of aromatic nitrogens is 1. The standard InChI is InChI=1S/C9H9N3/c10-6-2-5-8-3-1-4-9(7-11)12-8/h1-5H,6,10H2. The molecule has 1 rings (SSSR count). The Morgan fingerprint density at radius 1 is 1.58 bits per heavy atom. The first-order chi connectivity index (χ1) is 5.86. The second-order valence-corrected chi connectivity index (χ2v) is 2.20. The molecule has 60 valence electrons. The van der Waals surface area contributed by atoms with Gasteiger partial charge in [-0.3, -0.25) is 0 Å². The minimum absolute atomic E-state index is 0.425. The number of hydrogen-bond donors (Lipinski definition) is 1. The normalized spacial score (nSPS) is 10.0. The molecule has 1 aromatic heterocycles. The van der Waals surface area contributed by atoms with Crippen LogP contribution in [0, 0.1) is 11.3 Å². The molecule has 0 spiro atoms. The summed E-state index contributed by atoms with van der Waals surface area (Å²) in [5, 5.41) is 8.53. The van der Waals surface area contributed by atoms with Gasteiger partial charge in [-0.05, 0) is 18.2 Å². The van der Waals surface area contributed by atoms with Crippen molar-refractivity contribution in [1.29, 1.82) is 5.26 Å². The van der Waals surface area contributed by atoms with Crippen molar-refractivity contribution in [1.82, 2.24) is 4.98 Å². The minimum Gasteiger partial charge on any atom is -0.327 e. The third-order valence-corrected chi connectivity index (χ3v) is 1.31. The zero-order chi connectivity index (χ0) is 8.81. The molecule has 1 aromatic rings. The number of nitrogens with zero attached hydrogens (tertiary/aromatic N) is 2. The van der Waals surface area contributed by atoms with Gasteiger partial charge in [-0.2, -0.15) is 5.26 Å². The maximum atomic E-state index is 8.53. The van der Waals surface area contributed by atoms with Crippen LogP contribution in [0.15, 0.2) is 24.3 Å². The molecule has 0 aromatic carbocycles. The molecule has 3 nitrogen and oxygen atoms in total. The molecule has 0 atom stereocenters. The highest BCUT2D eigenvalue weighted by Crippen LogP contribution is 1.99. The van der Waals surface area contributed by atoms with E-state index in [2.05, 4.69) is 4.98 Å². The van der Waals surface area contributed by atoms with Gasteiger partial charge in [0.15, 0.2) is 0 Å². The Morgan fingerprint density at radius 3 is 3.08 bits per heavy atom. The van der Waals surface area contributed by atoms with E-state index in [0.717, 1.165) is 5.69 Å². The molecular formula is C9H9N3. The molecule has 0 saturated heterocycles. The summed E-state index contributed by atoms with van der Waals surface area (Å²) < 4.78 is 0. The van der Waals surface area contributed by atoms with E-state index in [9.17, 15) is 0 Å². The van der Waals surface area contributed by atoms with Crippen LogP contribution in [0.1, 0.15) is 11.4 Å². The van der Waals surface area contributed by atoms with E-state index in [1.165, 1.54) is 0 Å². The SMILES string of the molecule is N#Cc1cccc(C=CCN)n1. The summed E-state index contributed by atoms with van der Waals surface area (Å²) in [6, 6.07) is 7.25. The van der Waals surface area contributed by atoms with Crippen molar-refractivity contribution in [2.45, 2.75) is 0 Å². The van der Waals surface area contributed by atoms with Crippen molar-refractivity contribution in [3.05, 3.63) is 35.7 Å². The second kappa shape index (κ2) is 4.27. The quantitative estimate of drug-likeness (QED) is 0.698. The van der Waals surface area contributed by atoms with Gasteiger partial charge in [0.05, 0.1) is 5.69 Å². The van der Waals surface area contributed by atoms with Crippen LogP contribution >= 0.6 is 0 Å². The fourth-order valence-corrected chi connectivity index (χ4v) is 0.795. The highest BCUT2D eigenvalue weighted by Gasteiger charge is 1.90. The van der Waals surface area contributed by atoms with Crippen LogP contribution in [0.3, 0.4) is 0 Å². The predicted molar refractivity (Wildman–Crippen MR) is 47.0 cm³/mol. The van der Waals surface area contributed by atoms with Gasteiger partial charge in [-0.15, -0.1) is 0 Å². The lowest BCUT2D eigenvalue weighted by atomic mass is 10.3. The molecule has 0 aliphatic carbocycles. The number of pyridine rings is 1. The molecule has 12 heavy (non-hydrogen) atoms. The molecule has 0 radical (unpaired) electrons. The van der Waals surface area contributed by atoms with Crippen molar-refractivity contribution in [3.63, 3.8) is 0 Å². The summed E-state index contributed by atoms with van der Waals surface area (Å²) in [5.41, 5.74) is 6.46. The Labute approximate surface area is 71.2 Å². The molecule has 0 saturated carbocycles. The van der Waals surface area contributed by atoms with E-state index >= 15 is 0 Å². The van der Waals surface area contributed by atoms with E-state index in [-0.39, 0.29) is 0 Å². The van der Waals surface area contributed by atoms with E-state index in [0.29, 0.717) is 12.2 Å². The average Bonchev–Trinajstić information content (AvgIpc) is 2.15. The lowest BCUT2D eigenvalue weighted by Gasteiger charge is -1.91. The Hall–Kier alpha value is -1.66. The first-order valence-corrected chi connectivity index (χ1v) is 3.60. The summed E-state index contributed by atoms with van der Waals surface area (Å²) in [5.74, 6) is 0. The van der Waals surface area contributed by atoms with Crippen molar-refractivity contribution in [3.8, 4) is 6.07 Å². The fourth-order valence-electron chi connectivity index (χ4n) is 0.795. The van der Waals surface area contributed by atoms with Gasteiger partial charge in [0.25, 0.3) is 0 Å². The summed E-state index contributed by atoms with van der Waals surface area (Å²) in [4.78, 5) is 4.03. The molecule has 0 fully saturated rings. The zero-order valence-electron chi connectivity index (χ0n) is 6.57. The van der Waals surface area contributed by atoms with Crippen molar-refractivity contribution in [2.75, 3.05) is 6.54 Å². The van der Waals surface area contributed by atoms with Gasteiger partial charge < -0.3 is 5.73 Å². The first kappa shape index (κ1) is 8.44. The molecule has 0 unspecified atom stereocenters. The zero-order valence-corrected chi connectivity index (χ0v) is 6.57. The van der Waals surface area contributed by atoms with E-state index in [1.54, 1.807) is 24.3 Å². The van der Waals surface area contributed by atoms with E-state index in [1.807, 2.05) is 12.1 Å². The highest BCUT2D eigenvalue weighted by atomic mass is 14.7. The largest absolute Gasteiger partial charge is 0.327 e. The van der Waals surface area contributed by atoms with Crippen LogP contribution in [-0.2, 0) is 0 Å². The lowest BCUT2D eigenvalue weighted by Crippen LogP contribution is -1.92. The van der Waals surface area contributed by atoms with E-state index in [4.69, 9.17) is 11.0 Å². The van der Waals surface area contributed by atoms with Gasteiger partial charge in [0.1, 0.15) is 11.8 Å². The Morgan fingerprint density at radius 2 is 2.42 bits per heavy atom. The number of nitriles is 1. The minimum atomic E-state index is 0.425. The van der Waals surface area contributed by atoms with Crippen LogP contribution < -0.4 is 5.73 Å². The molecule has 3 heteroatoms. The van der Waals surface area contributed by atoms with Crippen LogP contribution in [-0.4, -0.2) is 11.5 Å². The Bertz CT molecular complexity index is 323. The van der Waals surface area contributed by atoms with Crippen LogP contribution in [0.2, 0.25) is 0 Å². The third kappa shape index (κ3) is 2.19. The molecule has 0 aliphatic rings. The van der Waals surface area contributed by atoms with Gasteiger partial charge in [0.2, 0.25) is 0 Å². The number of nitrogens with two attached hydrogens (primary N) is 1. The van der Waals surface area contributed by atoms with Crippen LogP contribution in [0.5, 0.6) is 0 Å². The lowest BCUT2D eigenvalue weighted by molar-refractivity contribution is 1.22. The maximum Gasteiger partial charge on any atom is 0.141 e. The summed E-state index contributed by atoms with van der Waals surface area (Å²) in [7, 11) is 0.